The second kappa shape index (κ2) is 9.50. The van der Waals surface area contributed by atoms with Gasteiger partial charge in [-0.25, -0.2) is 9.59 Å². The van der Waals surface area contributed by atoms with Crippen LogP contribution in [0.4, 0.5) is 0 Å². The van der Waals surface area contributed by atoms with Crippen LogP contribution < -0.4 is 0 Å². The zero-order chi connectivity index (χ0) is 23.6. The normalized spacial score (nSPS) is 24.6. The Labute approximate surface area is 182 Å². The molecule has 0 bridgehead atoms. The molecule has 0 spiro atoms. The van der Waals surface area contributed by atoms with Crippen LogP contribution in [0.15, 0.2) is 23.3 Å². The zero-order valence-electron chi connectivity index (χ0n) is 19.0. The molecule has 1 saturated heterocycles. The van der Waals surface area contributed by atoms with E-state index in [9.17, 15) is 24.6 Å². The molecule has 1 fully saturated rings. The van der Waals surface area contributed by atoms with E-state index in [4.69, 9.17) is 14.2 Å². The average molecular weight is 440 g/mol. The molecular weight excluding hydrogens is 406 g/mol. The van der Waals surface area contributed by atoms with Gasteiger partial charge in [-0.3, -0.25) is 9.69 Å². The fourth-order valence-corrected chi connectivity index (χ4v) is 3.98. The van der Waals surface area contributed by atoms with Gasteiger partial charge in [-0.1, -0.05) is 12.2 Å². The van der Waals surface area contributed by atoms with E-state index < -0.39 is 29.2 Å². The number of esters is 3. The summed E-state index contributed by atoms with van der Waals surface area (Å²) < 4.78 is 16.0. The zero-order valence-corrected chi connectivity index (χ0v) is 19.0. The second-order valence-corrected chi connectivity index (χ2v) is 8.58. The SMILES string of the molecule is C/C=C(/C)C(=O)O[C@@H]1CCN2CC=C(COC(=O)C(O)(C(C)OC(C)=O)C(C)(C)O)C12. The summed E-state index contributed by atoms with van der Waals surface area (Å²) in [6.07, 6.45) is 2.54. The van der Waals surface area contributed by atoms with E-state index in [0.717, 1.165) is 19.0 Å². The quantitative estimate of drug-likeness (QED) is 0.245. The van der Waals surface area contributed by atoms with Crippen LogP contribution >= 0.6 is 0 Å². The highest BCUT2D eigenvalue weighted by molar-refractivity contribution is 5.87. The van der Waals surface area contributed by atoms with Gasteiger partial charge in [0.05, 0.1) is 6.04 Å². The highest BCUT2D eigenvalue weighted by atomic mass is 16.6. The van der Waals surface area contributed by atoms with Gasteiger partial charge in [0.2, 0.25) is 5.60 Å². The van der Waals surface area contributed by atoms with Crippen LogP contribution in [0.25, 0.3) is 0 Å². The van der Waals surface area contributed by atoms with Crippen molar-refractivity contribution in [2.75, 3.05) is 19.7 Å². The van der Waals surface area contributed by atoms with Crippen LogP contribution in [0.5, 0.6) is 0 Å². The number of carbonyl (C=O) groups excluding carboxylic acids is 3. The predicted molar refractivity (Wildman–Crippen MR) is 111 cm³/mol. The first-order valence-corrected chi connectivity index (χ1v) is 10.4. The third kappa shape index (κ3) is 5.16. The molecule has 174 valence electrons. The molecule has 9 heteroatoms. The molecule has 0 aromatic rings. The summed E-state index contributed by atoms with van der Waals surface area (Å²) in [6.45, 7) is 9.59. The fourth-order valence-electron chi connectivity index (χ4n) is 3.98. The van der Waals surface area contributed by atoms with E-state index >= 15 is 0 Å². The molecule has 2 heterocycles. The Morgan fingerprint density at radius 3 is 2.48 bits per heavy atom. The summed E-state index contributed by atoms with van der Waals surface area (Å²) in [5, 5.41) is 21.4. The molecule has 2 aliphatic rings. The van der Waals surface area contributed by atoms with Crippen LogP contribution in [0, 0.1) is 0 Å². The molecule has 2 aliphatic heterocycles. The Morgan fingerprint density at radius 1 is 1.29 bits per heavy atom. The van der Waals surface area contributed by atoms with E-state index in [1.165, 1.54) is 20.8 Å². The van der Waals surface area contributed by atoms with E-state index in [0.29, 0.717) is 18.5 Å². The molecule has 0 radical (unpaired) electrons. The van der Waals surface area contributed by atoms with Crippen molar-refractivity contribution in [3.05, 3.63) is 23.3 Å². The number of aliphatic hydroxyl groups is 2. The molecule has 0 amide bonds. The Bertz CT molecular complexity index is 781. The summed E-state index contributed by atoms with van der Waals surface area (Å²) in [7, 11) is 0. The first-order chi connectivity index (χ1) is 14.3. The van der Waals surface area contributed by atoms with E-state index in [1.807, 2.05) is 6.08 Å². The van der Waals surface area contributed by atoms with E-state index in [2.05, 4.69) is 4.90 Å². The Morgan fingerprint density at radius 2 is 1.94 bits per heavy atom. The summed E-state index contributed by atoms with van der Waals surface area (Å²) in [5.41, 5.74) is -3.14. The smallest absolute Gasteiger partial charge is 0.345 e. The molecular formula is C22H33NO8. The molecule has 2 rings (SSSR count). The Hall–Kier alpha value is -2.23. The highest BCUT2D eigenvalue weighted by Crippen LogP contribution is 2.33. The number of ether oxygens (including phenoxy) is 3. The lowest BCUT2D eigenvalue weighted by atomic mass is 9.81. The molecule has 3 unspecified atom stereocenters. The van der Waals surface area contributed by atoms with Crippen LogP contribution in [0.3, 0.4) is 0 Å². The van der Waals surface area contributed by atoms with Gasteiger partial charge in [0.1, 0.15) is 24.4 Å². The van der Waals surface area contributed by atoms with Crippen molar-refractivity contribution in [3.8, 4) is 0 Å². The summed E-state index contributed by atoms with van der Waals surface area (Å²) in [6, 6.07) is -0.220. The third-order valence-corrected chi connectivity index (χ3v) is 5.97. The van der Waals surface area contributed by atoms with Crippen molar-refractivity contribution in [1.29, 1.82) is 0 Å². The van der Waals surface area contributed by atoms with Crippen molar-refractivity contribution < 1.29 is 38.8 Å². The minimum Gasteiger partial charge on any atom is -0.459 e. The van der Waals surface area contributed by atoms with Crippen LogP contribution in [0.2, 0.25) is 0 Å². The van der Waals surface area contributed by atoms with Gasteiger partial charge in [-0.05, 0) is 46.6 Å². The van der Waals surface area contributed by atoms with E-state index in [1.54, 1.807) is 19.9 Å². The highest BCUT2D eigenvalue weighted by Gasteiger charge is 2.56. The molecule has 4 atom stereocenters. The van der Waals surface area contributed by atoms with E-state index in [-0.39, 0.29) is 24.7 Å². The predicted octanol–water partition coefficient (Wildman–Crippen LogP) is 0.876. The summed E-state index contributed by atoms with van der Waals surface area (Å²) >= 11 is 0. The first-order valence-electron chi connectivity index (χ1n) is 10.4. The summed E-state index contributed by atoms with van der Waals surface area (Å²) in [5.74, 6) is -2.20. The maximum absolute atomic E-state index is 12.8. The number of fused-ring (bicyclic) bond motifs is 1. The molecule has 0 aromatic heterocycles. The number of rotatable bonds is 8. The Balaban J connectivity index is 2.10. The van der Waals surface area contributed by atoms with Gasteiger partial charge < -0.3 is 24.4 Å². The van der Waals surface area contributed by atoms with Crippen LogP contribution in [-0.2, 0) is 28.6 Å². The largest absolute Gasteiger partial charge is 0.459 e. The van der Waals surface area contributed by atoms with Crippen LogP contribution in [-0.4, -0.2) is 82.2 Å². The van der Waals surface area contributed by atoms with Gasteiger partial charge in [-0.15, -0.1) is 0 Å². The standard InChI is InChI=1S/C22H33NO8/c1-7-13(2)19(25)31-17-9-11-23-10-8-16(18(17)23)12-29-20(26)22(28,21(5,6)27)14(3)30-15(4)24/h7-8,14,17-18,27-28H,9-12H2,1-6H3/b13-7-/t14?,17-,18?,22?/m1/s1. The monoisotopic (exact) mass is 439 g/mol. The van der Waals surface area contributed by atoms with Gasteiger partial charge in [0.15, 0.2) is 0 Å². The topological polar surface area (TPSA) is 123 Å². The maximum Gasteiger partial charge on any atom is 0.345 e. The van der Waals surface area contributed by atoms with Gasteiger partial charge >= 0.3 is 17.9 Å². The lowest BCUT2D eigenvalue weighted by molar-refractivity contribution is -0.219. The molecule has 31 heavy (non-hydrogen) atoms. The molecule has 0 saturated carbocycles. The lowest BCUT2D eigenvalue weighted by Gasteiger charge is -2.39. The molecule has 9 nitrogen and oxygen atoms in total. The van der Waals surface area contributed by atoms with Gasteiger partial charge in [0, 0.05) is 25.6 Å². The van der Waals surface area contributed by atoms with Gasteiger partial charge in [-0.2, -0.15) is 0 Å². The number of carbonyl (C=O) groups is 3. The number of hydrogen-bond donors (Lipinski definition) is 2. The number of nitrogens with zero attached hydrogens (tertiary/aromatic N) is 1. The van der Waals surface area contributed by atoms with Crippen molar-refractivity contribution in [1.82, 2.24) is 4.90 Å². The van der Waals surface area contributed by atoms with Crippen LogP contribution in [0.1, 0.15) is 48.0 Å². The number of hydrogen-bond acceptors (Lipinski definition) is 9. The molecule has 2 N–H and O–H groups in total. The summed E-state index contributed by atoms with van der Waals surface area (Å²) in [4.78, 5) is 38.4. The second-order valence-electron chi connectivity index (χ2n) is 8.58. The maximum atomic E-state index is 12.8. The average Bonchev–Trinajstić information content (AvgIpc) is 3.26. The Kier molecular flexibility index (Phi) is 7.67. The van der Waals surface area contributed by atoms with Crippen molar-refractivity contribution in [2.45, 2.75) is 77.4 Å². The van der Waals surface area contributed by atoms with Crippen molar-refractivity contribution >= 4 is 17.9 Å². The number of allylic oxidation sites excluding steroid dienone is 1. The minimum atomic E-state index is -2.47. The van der Waals surface area contributed by atoms with Crippen molar-refractivity contribution in [3.63, 3.8) is 0 Å². The first kappa shape index (κ1) is 25.0. The lowest BCUT2D eigenvalue weighted by Crippen LogP contribution is -2.64. The third-order valence-electron chi connectivity index (χ3n) is 5.97. The minimum absolute atomic E-state index is 0.151. The fraction of sp³-hybridized carbons (Fsp3) is 0.682. The van der Waals surface area contributed by atoms with Gasteiger partial charge in [0.25, 0.3) is 0 Å². The molecule has 0 aromatic carbocycles. The van der Waals surface area contributed by atoms with Crippen molar-refractivity contribution in [2.24, 2.45) is 0 Å². The molecule has 0 aliphatic carbocycles.